The van der Waals surface area contributed by atoms with Crippen LogP contribution < -0.4 is 11.3 Å². The fourth-order valence-electron chi connectivity index (χ4n) is 1.37. The highest BCUT2D eigenvalue weighted by Gasteiger charge is 2.11. The van der Waals surface area contributed by atoms with Crippen LogP contribution in [0.4, 0.5) is 5.69 Å². The monoisotopic (exact) mass is 168 g/mol. The zero-order chi connectivity index (χ0) is 9.30. The number of nitrogens with zero attached hydrogens (tertiary/aromatic N) is 2. The topological polar surface area (TPSA) is 55.9 Å². The van der Waals surface area contributed by atoms with Crippen LogP contribution in [-0.4, -0.2) is 9.78 Å². The van der Waals surface area contributed by atoms with Gasteiger partial charge in [0, 0.05) is 6.04 Å². The minimum atomic E-state index is 0.380. The minimum absolute atomic E-state index is 0.380. The fourth-order valence-corrected chi connectivity index (χ4v) is 1.37. The van der Waals surface area contributed by atoms with Crippen LogP contribution in [0.2, 0.25) is 0 Å². The Labute approximate surface area is 72.7 Å². The first-order valence-electron chi connectivity index (χ1n) is 4.10. The lowest BCUT2D eigenvalue weighted by atomic mass is 10.3. The van der Waals surface area contributed by atoms with Gasteiger partial charge in [-0.2, -0.15) is 5.10 Å². The van der Waals surface area contributed by atoms with Gasteiger partial charge in [0.25, 0.3) is 0 Å². The van der Waals surface area contributed by atoms with Crippen molar-refractivity contribution in [2.75, 3.05) is 5.43 Å². The molecule has 0 spiro atoms. The van der Waals surface area contributed by atoms with Crippen LogP contribution in [0.15, 0.2) is 0 Å². The van der Waals surface area contributed by atoms with Gasteiger partial charge in [0.2, 0.25) is 0 Å². The number of hydrogen-bond acceptors (Lipinski definition) is 3. The molecule has 4 nitrogen and oxygen atoms in total. The van der Waals surface area contributed by atoms with E-state index in [1.165, 1.54) is 0 Å². The van der Waals surface area contributed by atoms with Crippen LogP contribution in [0.1, 0.15) is 31.3 Å². The molecule has 1 rings (SSSR count). The second-order valence-corrected chi connectivity index (χ2v) is 3.23. The average Bonchev–Trinajstić information content (AvgIpc) is 2.27. The number of nitrogen functional groups attached to an aromatic ring is 1. The number of hydrazine groups is 1. The number of aryl methyl sites for hydroxylation is 1. The Kier molecular flexibility index (Phi) is 2.38. The van der Waals surface area contributed by atoms with Crippen LogP contribution in [0.3, 0.4) is 0 Å². The van der Waals surface area contributed by atoms with Crippen molar-refractivity contribution in [1.29, 1.82) is 0 Å². The van der Waals surface area contributed by atoms with Crippen LogP contribution in [-0.2, 0) is 0 Å². The van der Waals surface area contributed by atoms with Gasteiger partial charge in [-0.1, -0.05) is 0 Å². The van der Waals surface area contributed by atoms with E-state index in [9.17, 15) is 0 Å². The van der Waals surface area contributed by atoms with Gasteiger partial charge in [-0.25, -0.2) is 0 Å². The van der Waals surface area contributed by atoms with Crippen LogP contribution in [0.5, 0.6) is 0 Å². The quantitative estimate of drug-likeness (QED) is 0.518. The summed E-state index contributed by atoms with van der Waals surface area (Å²) in [5.74, 6) is 5.36. The van der Waals surface area contributed by atoms with Gasteiger partial charge >= 0.3 is 0 Å². The van der Waals surface area contributed by atoms with Crippen molar-refractivity contribution >= 4 is 5.69 Å². The standard InChI is InChI=1S/C8H16N4/c1-5(2)12-7(4)8(10-9)6(3)11-12/h5,10H,9H2,1-4H3. The van der Waals surface area contributed by atoms with Crippen LogP contribution in [0, 0.1) is 13.8 Å². The largest absolute Gasteiger partial charge is 0.321 e. The second-order valence-electron chi connectivity index (χ2n) is 3.23. The van der Waals surface area contributed by atoms with E-state index >= 15 is 0 Å². The molecular formula is C8H16N4. The highest BCUT2D eigenvalue weighted by Crippen LogP contribution is 2.20. The Bertz CT molecular complexity index is 275. The number of nitrogens with one attached hydrogen (secondary N) is 1. The van der Waals surface area contributed by atoms with E-state index in [-0.39, 0.29) is 0 Å². The van der Waals surface area contributed by atoms with Crippen molar-refractivity contribution < 1.29 is 0 Å². The summed E-state index contributed by atoms with van der Waals surface area (Å²) in [4.78, 5) is 0. The van der Waals surface area contributed by atoms with E-state index in [4.69, 9.17) is 5.84 Å². The van der Waals surface area contributed by atoms with Crippen molar-refractivity contribution in [3.05, 3.63) is 11.4 Å². The molecule has 0 amide bonds. The summed E-state index contributed by atoms with van der Waals surface area (Å²) in [5, 5.41) is 4.35. The third kappa shape index (κ3) is 1.30. The molecule has 0 bridgehead atoms. The molecule has 0 aliphatic rings. The molecular weight excluding hydrogens is 152 g/mol. The zero-order valence-corrected chi connectivity index (χ0v) is 8.05. The lowest BCUT2D eigenvalue weighted by molar-refractivity contribution is 0.516. The minimum Gasteiger partial charge on any atom is -0.321 e. The summed E-state index contributed by atoms with van der Waals surface area (Å²) in [6.07, 6.45) is 0. The van der Waals surface area contributed by atoms with Gasteiger partial charge < -0.3 is 5.43 Å². The first kappa shape index (κ1) is 9.06. The maximum Gasteiger partial charge on any atom is 0.0928 e. The van der Waals surface area contributed by atoms with E-state index in [0.717, 1.165) is 17.1 Å². The predicted molar refractivity (Wildman–Crippen MR) is 49.9 cm³/mol. The Morgan fingerprint density at radius 3 is 2.25 bits per heavy atom. The van der Waals surface area contributed by atoms with Crippen LogP contribution >= 0.6 is 0 Å². The summed E-state index contributed by atoms with van der Waals surface area (Å²) in [7, 11) is 0. The number of nitrogens with two attached hydrogens (primary N) is 1. The molecule has 1 aromatic rings. The van der Waals surface area contributed by atoms with Gasteiger partial charge in [0.15, 0.2) is 0 Å². The molecule has 12 heavy (non-hydrogen) atoms. The smallest absolute Gasteiger partial charge is 0.0928 e. The molecule has 0 saturated heterocycles. The van der Waals surface area contributed by atoms with Gasteiger partial charge in [0.1, 0.15) is 0 Å². The highest BCUT2D eigenvalue weighted by atomic mass is 15.3. The summed E-state index contributed by atoms with van der Waals surface area (Å²) < 4.78 is 1.96. The fraction of sp³-hybridized carbons (Fsp3) is 0.625. The molecule has 0 saturated carbocycles. The van der Waals surface area contributed by atoms with E-state index < -0.39 is 0 Å². The molecule has 0 aliphatic heterocycles. The molecule has 0 aromatic carbocycles. The first-order valence-corrected chi connectivity index (χ1v) is 4.10. The van der Waals surface area contributed by atoms with Crippen molar-refractivity contribution in [3.63, 3.8) is 0 Å². The van der Waals surface area contributed by atoms with Gasteiger partial charge in [-0.15, -0.1) is 0 Å². The number of anilines is 1. The maximum atomic E-state index is 5.36. The Morgan fingerprint density at radius 2 is 2.00 bits per heavy atom. The number of rotatable bonds is 2. The van der Waals surface area contributed by atoms with Crippen LogP contribution in [0.25, 0.3) is 0 Å². The predicted octanol–water partition coefficient (Wildman–Crippen LogP) is 1.37. The third-order valence-corrected chi connectivity index (χ3v) is 1.96. The molecule has 3 N–H and O–H groups in total. The zero-order valence-electron chi connectivity index (χ0n) is 8.05. The summed E-state index contributed by atoms with van der Waals surface area (Å²) in [6.45, 7) is 8.15. The van der Waals surface area contributed by atoms with E-state index in [1.54, 1.807) is 0 Å². The van der Waals surface area contributed by atoms with Crippen molar-refractivity contribution in [2.24, 2.45) is 5.84 Å². The van der Waals surface area contributed by atoms with Gasteiger partial charge in [-0.3, -0.25) is 10.5 Å². The Morgan fingerprint density at radius 1 is 1.42 bits per heavy atom. The highest BCUT2D eigenvalue weighted by molar-refractivity contribution is 5.50. The molecule has 0 fully saturated rings. The molecule has 4 heteroatoms. The van der Waals surface area contributed by atoms with E-state index in [1.807, 2.05) is 18.5 Å². The van der Waals surface area contributed by atoms with E-state index in [2.05, 4.69) is 24.4 Å². The summed E-state index contributed by atoms with van der Waals surface area (Å²) >= 11 is 0. The van der Waals surface area contributed by atoms with Crippen molar-refractivity contribution in [1.82, 2.24) is 9.78 Å². The SMILES string of the molecule is Cc1nn(C(C)C)c(C)c1NN. The normalized spacial score (nSPS) is 10.8. The number of hydrogen-bond donors (Lipinski definition) is 2. The third-order valence-electron chi connectivity index (χ3n) is 1.96. The van der Waals surface area contributed by atoms with E-state index in [0.29, 0.717) is 6.04 Å². The lowest BCUT2D eigenvalue weighted by Gasteiger charge is -2.07. The molecule has 0 radical (unpaired) electrons. The molecule has 1 aromatic heterocycles. The second kappa shape index (κ2) is 3.15. The summed E-state index contributed by atoms with van der Waals surface area (Å²) in [6, 6.07) is 0.380. The first-order chi connectivity index (χ1) is 5.57. The Balaban J connectivity index is 3.17. The van der Waals surface area contributed by atoms with Gasteiger partial charge in [0.05, 0.1) is 17.1 Å². The molecule has 0 unspecified atom stereocenters. The molecule has 0 atom stereocenters. The average molecular weight is 168 g/mol. The van der Waals surface area contributed by atoms with Crippen molar-refractivity contribution in [3.8, 4) is 0 Å². The summed E-state index contributed by atoms with van der Waals surface area (Å²) in [5.41, 5.74) is 5.63. The number of aromatic nitrogens is 2. The molecule has 1 heterocycles. The lowest BCUT2D eigenvalue weighted by Crippen LogP contribution is -2.09. The molecule has 0 aliphatic carbocycles. The van der Waals surface area contributed by atoms with Gasteiger partial charge in [-0.05, 0) is 27.7 Å². The maximum absolute atomic E-state index is 5.36. The molecule has 68 valence electrons. The Hall–Kier alpha value is -1.03. The van der Waals surface area contributed by atoms with Crippen molar-refractivity contribution in [2.45, 2.75) is 33.7 Å².